The van der Waals surface area contributed by atoms with E-state index in [1.165, 1.54) is 23.3 Å². The van der Waals surface area contributed by atoms with Crippen molar-refractivity contribution in [3.63, 3.8) is 0 Å². The molecule has 0 radical (unpaired) electrons. The van der Waals surface area contributed by atoms with Crippen LogP contribution in [0, 0.1) is 0 Å². The highest BCUT2D eigenvalue weighted by Crippen LogP contribution is 2.30. The summed E-state index contributed by atoms with van der Waals surface area (Å²) in [6.07, 6.45) is 4.69. The van der Waals surface area contributed by atoms with E-state index in [-0.39, 0.29) is 5.91 Å². The minimum absolute atomic E-state index is 0.0578. The van der Waals surface area contributed by atoms with Crippen LogP contribution in [0.4, 0.5) is 0 Å². The Hall–Kier alpha value is -1.09. The molecular formula is C13H17NOS. The van der Waals surface area contributed by atoms with Crippen LogP contribution in [-0.4, -0.2) is 12.5 Å². The second kappa shape index (κ2) is 4.83. The number of aryl methyl sites for hydroxylation is 1. The Morgan fingerprint density at radius 1 is 1.50 bits per heavy atom. The smallest absolute Gasteiger partial charge is 0.252 e. The van der Waals surface area contributed by atoms with E-state index >= 15 is 0 Å². The molecule has 0 spiro atoms. The maximum Gasteiger partial charge on any atom is 0.252 e. The molecular weight excluding hydrogens is 218 g/mol. The van der Waals surface area contributed by atoms with Crippen molar-refractivity contribution in [2.24, 2.45) is 0 Å². The summed E-state index contributed by atoms with van der Waals surface area (Å²) < 4.78 is 0. The second-order valence-corrected chi connectivity index (χ2v) is 5.36. The van der Waals surface area contributed by atoms with E-state index in [0.29, 0.717) is 6.54 Å². The lowest BCUT2D eigenvalue weighted by molar-refractivity contribution is 0.0956. The molecule has 0 bridgehead atoms. The standard InChI is InChI=1S/C13H17NOS/c1-9(2)7-14-13(15)11-8-16-12-6-4-3-5-10(11)12/h8H,1,3-7H2,2H3,(H,14,15). The maximum atomic E-state index is 11.9. The molecule has 1 N–H and O–H groups in total. The molecule has 2 nitrogen and oxygen atoms in total. The highest BCUT2D eigenvalue weighted by molar-refractivity contribution is 7.10. The Morgan fingerprint density at radius 3 is 3.00 bits per heavy atom. The first-order valence-corrected chi connectivity index (χ1v) is 6.58. The maximum absolute atomic E-state index is 11.9. The third-order valence-electron chi connectivity index (χ3n) is 2.86. The van der Waals surface area contributed by atoms with Crippen LogP contribution < -0.4 is 5.32 Å². The molecule has 86 valence electrons. The van der Waals surface area contributed by atoms with Crippen LogP contribution in [0.25, 0.3) is 0 Å². The van der Waals surface area contributed by atoms with E-state index in [1.54, 1.807) is 11.3 Å². The Morgan fingerprint density at radius 2 is 2.25 bits per heavy atom. The van der Waals surface area contributed by atoms with Gasteiger partial charge in [0.15, 0.2) is 0 Å². The number of carbonyl (C=O) groups is 1. The Balaban J connectivity index is 2.11. The molecule has 2 rings (SSSR count). The normalized spacial score (nSPS) is 14.3. The minimum Gasteiger partial charge on any atom is -0.348 e. The molecule has 16 heavy (non-hydrogen) atoms. The third-order valence-corrected chi connectivity index (χ3v) is 3.95. The average Bonchev–Trinajstić information content (AvgIpc) is 2.69. The van der Waals surface area contributed by atoms with Gasteiger partial charge in [0, 0.05) is 16.8 Å². The van der Waals surface area contributed by atoms with Gasteiger partial charge in [-0.2, -0.15) is 0 Å². The van der Waals surface area contributed by atoms with Crippen molar-refractivity contribution in [3.05, 3.63) is 33.5 Å². The number of rotatable bonds is 3. The van der Waals surface area contributed by atoms with E-state index in [4.69, 9.17) is 0 Å². The van der Waals surface area contributed by atoms with Gasteiger partial charge in [-0.05, 0) is 38.2 Å². The number of carbonyl (C=O) groups excluding carboxylic acids is 1. The van der Waals surface area contributed by atoms with Gasteiger partial charge in [0.25, 0.3) is 5.91 Å². The lowest BCUT2D eigenvalue weighted by Gasteiger charge is -2.12. The Labute approximate surface area is 100 Å². The van der Waals surface area contributed by atoms with E-state index in [2.05, 4.69) is 11.9 Å². The van der Waals surface area contributed by atoms with E-state index < -0.39 is 0 Å². The number of fused-ring (bicyclic) bond motifs is 1. The molecule has 0 unspecified atom stereocenters. The van der Waals surface area contributed by atoms with Crippen LogP contribution in [-0.2, 0) is 12.8 Å². The highest BCUT2D eigenvalue weighted by Gasteiger charge is 2.19. The minimum atomic E-state index is 0.0578. The molecule has 0 atom stereocenters. The van der Waals surface area contributed by atoms with Crippen molar-refractivity contribution in [3.8, 4) is 0 Å². The summed E-state index contributed by atoms with van der Waals surface area (Å²) >= 11 is 1.73. The lowest BCUT2D eigenvalue weighted by Crippen LogP contribution is -2.25. The Bertz CT molecular complexity index is 420. The SMILES string of the molecule is C=C(C)CNC(=O)c1csc2c1CCCC2. The third kappa shape index (κ3) is 2.35. The molecule has 1 aromatic heterocycles. The lowest BCUT2D eigenvalue weighted by atomic mass is 9.95. The molecule has 0 fully saturated rings. The summed E-state index contributed by atoms with van der Waals surface area (Å²) in [6.45, 7) is 6.28. The fraction of sp³-hybridized carbons (Fsp3) is 0.462. The summed E-state index contributed by atoms with van der Waals surface area (Å²) in [5, 5.41) is 4.91. The van der Waals surface area contributed by atoms with Crippen molar-refractivity contribution in [2.45, 2.75) is 32.6 Å². The van der Waals surface area contributed by atoms with Crippen molar-refractivity contribution >= 4 is 17.2 Å². The van der Waals surface area contributed by atoms with Gasteiger partial charge in [-0.1, -0.05) is 12.2 Å². The number of amides is 1. The number of hydrogen-bond donors (Lipinski definition) is 1. The Kier molecular flexibility index (Phi) is 3.44. The van der Waals surface area contributed by atoms with Crippen molar-refractivity contribution in [1.29, 1.82) is 0 Å². The summed E-state index contributed by atoms with van der Waals surface area (Å²) in [6, 6.07) is 0. The van der Waals surface area contributed by atoms with Crippen molar-refractivity contribution < 1.29 is 4.79 Å². The zero-order chi connectivity index (χ0) is 11.5. The number of hydrogen-bond acceptors (Lipinski definition) is 2. The first kappa shape index (κ1) is 11.4. The zero-order valence-corrected chi connectivity index (χ0v) is 10.5. The molecule has 3 heteroatoms. The number of thiophene rings is 1. The first-order chi connectivity index (χ1) is 7.68. The van der Waals surface area contributed by atoms with Gasteiger partial charge in [0.1, 0.15) is 0 Å². The largest absolute Gasteiger partial charge is 0.348 e. The van der Waals surface area contributed by atoms with Gasteiger partial charge in [0.05, 0.1) is 5.56 Å². The molecule has 0 aliphatic heterocycles. The van der Waals surface area contributed by atoms with Gasteiger partial charge in [0.2, 0.25) is 0 Å². The summed E-state index contributed by atoms with van der Waals surface area (Å²) in [5.74, 6) is 0.0578. The average molecular weight is 235 g/mol. The van der Waals surface area contributed by atoms with Gasteiger partial charge in [-0.15, -0.1) is 11.3 Å². The fourth-order valence-corrected chi connectivity index (χ4v) is 3.14. The van der Waals surface area contributed by atoms with Gasteiger partial charge in [-0.25, -0.2) is 0 Å². The topological polar surface area (TPSA) is 29.1 Å². The second-order valence-electron chi connectivity index (χ2n) is 4.40. The van der Waals surface area contributed by atoms with Crippen LogP contribution in [0.2, 0.25) is 0 Å². The van der Waals surface area contributed by atoms with Crippen LogP contribution in [0.5, 0.6) is 0 Å². The van der Waals surface area contributed by atoms with E-state index in [1.807, 2.05) is 12.3 Å². The zero-order valence-electron chi connectivity index (χ0n) is 9.64. The van der Waals surface area contributed by atoms with Crippen LogP contribution in [0.1, 0.15) is 40.6 Å². The van der Waals surface area contributed by atoms with Gasteiger partial charge >= 0.3 is 0 Å². The van der Waals surface area contributed by atoms with Gasteiger partial charge in [-0.3, -0.25) is 4.79 Å². The predicted molar refractivity (Wildman–Crippen MR) is 68.1 cm³/mol. The molecule has 1 amide bonds. The quantitative estimate of drug-likeness (QED) is 0.802. The molecule has 1 aromatic rings. The molecule has 0 saturated carbocycles. The summed E-state index contributed by atoms with van der Waals surface area (Å²) in [7, 11) is 0. The monoisotopic (exact) mass is 235 g/mol. The summed E-state index contributed by atoms with van der Waals surface area (Å²) in [5.41, 5.74) is 3.16. The fourth-order valence-electron chi connectivity index (χ4n) is 2.01. The van der Waals surface area contributed by atoms with Crippen LogP contribution >= 0.6 is 11.3 Å². The van der Waals surface area contributed by atoms with Crippen LogP contribution in [0.3, 0.4) is 0 Å². The van der Waals surface area contributed by atoms with Crippen LogP contribution in [0.15, 0.2) is 17.5 Å². The van der Waals surface area contributed by atoms with E-state index in [0.717, 1.165) is 24.0 Å². The van der Waals surface area contributed by atoms with Crippen molar-refractivity contribution in [1.82, 2.24) is 5.32 Å². The molecule has 1 aliphatic rings. The van der Waals surface area contributed by atoms with E-state index in [9.17, 15) is 4.79 Å². The predicted octanol–water partition coefficient (Wildman–Crippen LogP) is 2.93. The molecule has 1 aliphatic carbocycles. The molecule has 0 saturated heterocycles. The highest BCUT2D eigenvalue weighted by atomic mass is 32.1. The number of nitrogens with one attached hydrogen (secondary N) is 1. The summed E-state index contributed by atoms with van der Waals surface area (Å²) in [4.78, 5) is 13.3. The van der Waals surface area contributed by atoms with Gasteiger partial charge < -0.3 is 5.32 Å². The van der Waals surface area contributed by atoms with Crippen molar-refractivity contribution in [2.75, 3.05) is 6.54 Å². The molecule has 1 heterocycles. The first-order valence-electron chi connectivity index (χ1n) is 5.70. The molecule has 0 aromatic carbocycles.